The number of terminal acetylenes is 1. The van der Waals surface area contributed by atoms with Gasteiger partial charge in [0, 0.05) is 20.1 Å². The standard InChI is InChI=1S/C10H19NO2/c1-3-4-5-6-11-7-8-13-10-9-12-2/h1,11H,4-10H2,2H3. The van der Waals surface area contributed by atoms with Crippen molar-refractivity contribution in [3.63, 3.8) is 0 Å². The Labute approximate surface area is 80.8 Å². The minimum atomic E-state index is 0.664. The van der Waals surface area contributed by atoms with Crippen LogP contribution in [0.25, 0.3) is 0 Å². The molecule has 0 aliphatic carbocycles. The Balaban J connectivity index is 2.80. The molecule has 0 saturated heterocycles. The van der Waals surface area contributed by atoms with Crippen molar-refractivity contribution in [2.75, 3.05) is 40.0 Å². The van der Waals surface area contributed by atoms with Crippen LogP contribution in [-0.4, -0.2) is 40.0 Å². The molecule has 3 nitrogen and oxygen atoms in total. The van der Waals surface area contributed by atoms with Gasteiger partial charge in [0.2, 0.25) is 0 Å². The van der Waals surface area contributed by atoms with Gasteiger partial charge in [0.1, 0.15) is 0 Å². The lowest BCUT2D eigenvalue weighted by atomic mass is 10.3. The number of ether oxygens (including phenoxy) is 2. The van der Waals surface area contributed by atoms with Gasteiger partial charge in [0.25, 0.3) is 0 Å². The van der Waals surface area contributed by atoms with Crippen molar-refractivity contribution < 1.29 is 9.47 Å². The summed E-state index contributed by atoms with van der Waals surface area (Å²) in [5.74, 6) is 2.60. The zero-order chi connectivity index (χ0) is 9.78. The first-order valence-electron chi connectivity index (χ1n) is 4.62. The van der Waals surface area contributed by atoms with Crippen molar-refractivity contribution in [2.45, 2.75) is 12.8 Å². The third kappa shape index (κ3) is 11.4. The molecule has 0 heterocycles. The summed E-state index contributed by atoms with van der Waals surface area (Å²) >= 11 is 0. The predicted octanol–water partition coefficient (Wildman–Crippen LogP) is 0.652. The third-order valence-electron chi connectivity index (χ3n) is 1.53. The monoisotopic (exact) mass is 185 g/mol. The van der Waals surface area contributed by atoms with E-state index in [2.05, 4.69) is 11.2 Å². The molecule has 0 fully saturated rings. The summed E-state index contributed by atoms with van der Waals surface area (Å²) in [6.07, 6.45) is 6.99. The van der Waals surface area contributed by atoms with E-state index in [1.54, 1.807) is 7.11 Å². The van der Waals surface area contributed by atoms with Crippen LogP contribution in [0.1, 0.15) is 12.8 Å². The Morgan fingerprint density at radius 1 is 1.23 bits per heavy atom. The summed E-state index contributed by atoms with van der Waals surface area (Å²) in [5.41, 5.74) is 0. The highest BCUT2D eigenvalue weighted by Crippen LogP contribution is 1.82. The fourth-order valence-corrected chi connectivity index (χ4v) is 0.829. The number of nitrogens with one attached hydrogen (secondary N) is 1. The third-order valence-corrected chi connectivity index (χ3v) is 1.53. The van der Waals surface area contributed by atoms with Gasteiger partial charge in [0.05, 0.1) is 19.8 Å². The summed E-state index contributed by atoms with van der Waals surface area (Å²) < 4.78 is 10.1. The Morgan fingerprint density at radius 2 is 2.08 bits per heavy atom. The van der Waals surface area contributed by atoms with Crippen molar-refractivity contribution in [1.82, 2.24) is 5.32 Å². The first-order valence-corrected chi connectivity index (χ1v) is 4.62. The SMILES string of the molecule is C#CCCCNCCOCCOC. The molecule has 0 rings (SSSR count). The fraction of sp³-hybridized carbons (Fsp3) is 0.800. The second kappa shape index (κ2) is 11.4. The van der Waals surface area contributed by atoms with Gasteiger partial charge in [-0.25, -0.2) is 0 Å². The van der Waals surface area contributed by atoms with E-state index in [1.165, 1.54) is 0 Å². The molecule has 0 aliphatic heterocycles. The van der Waals surface area contributed by atoms with Crippen molar-refractivity contribution >= 4 is 0 Å². The van der Waals surface area contributed by atoms with Crippen LogP contribution in [0.4, 0.5) is 0 Å². The van der Waals surface area contributed by atoms with Crippen LogP contribution in [0, 0.1) is 12.3 Å². The molecule has 76 valence electrons. The maximum Gasteiger partial charge on any atom is 0.0700 e. The van der Waals surface area contributed by atoms with Crippen LogP contribution in [0.3, 0.4) is 0 Å². The van der Waals surface area contributed by atoms with E-state index in [0.717, 1.165) is 32.5 Å². The second-order valence-electron chi connectivity index (χ2n) is 2.66. The average Bonchev–Trinajstić information content (AvgIpc) is 2.16. The highest BCUT2D eigenvalue weighted by atomic mass is 16.5. The average molecular weight is 185 g/mol. The predicted molar refractivity (Wildman–Crippen MR) is 53.6 cm³/mol. The van der Waals surface area contributed by atoms with Crippen LogP contribution in [0.5, 0.6) is 0 Å². The molecule has 0 atom stereocenters. The largest absolute Gasteiger partial charge is 0.382 e. The first kappa shape index (κ1) is 12.4. The Hall–Kier alpha value is -0.560. The van der Waals surface area contributed by atoms with Gasteiger partial charge in [-0.3, -0.25) is 0 Å². The molecule has 3 heteroatoms. The molecule has 0 amide bonds. The molecular formula is C10H19NO2. The van der Waals surface area contributed by atoms with Gasteiger partial charge in [-0.2, -0.15) is 0 Å². The molecule has 0 spiro atoms. The van der Waals surface area contributed by atoms with Gasteiger partial charge in [0.15, 0.2) is 0 Å². The molecule has 0 aromatic rings. The van der Waals surface area contributed by atoms with Gasteiger partial charge < -0.3 is 14.8 Å². The molecular weight excluding hydrogens is 166 g/mol. The number of hydrogen-bond acceptors (Lipinski definition) is 3. The molecule has 1 N–H and O–H groups in total. The summed E-state index contributed by atoms with van der Waals surface area (Å²) in [6, 6.07) is 0. The molecule has 0 radical (unpaired) electrons. The van der Waals surface area contributed by atoms with E-state index in [1.807, 2.05) is 0 Å². The first-order chi connectivity index (χ1) is 6.41. The van der Waals surface area contributed by atoms with Crippen molar-refractivity contribution in [1.29, 1.82) is 0 Å². The topological polar surface area (TPSA) is 30.5 Å². The number of rotatable bonds is 9. The normalized spacial score (nSPS) is 9.85. The van der Waals surface area contributed by atoms with Crippen LogP contribution in [0.2, 0.25) is 0 Å². The Kier molecular flexibility index (Phi) is 10.9. The molecule has 0 aliphatic rings. The zero-order valence-corrected chi connectivity index (χ0v) is 8.34. The van der Waals surface area contributed by atoms with E-state index in [9.17, 15) is 0 Å². The van der Waals surface area contributed by atoms with Crippen LogP contribution < -0.4 is 5.32 Å². The minimum absolute atomic E-state index is 0.664. The van der Waals surface area contributed by atoms with Crippen LogP contribution in [-0.2, 0) is 9.47 Å². The summed E-state index contributed by atoms with van der Waals surface area (Å²) in [4.78, 5) is 0. The highest BCUT2D eigenvalue weighted by molar-refractivity contribution is 4.83. The summed E-state index contributed by atoms with van der Waals surface area (Å²) in [7, 11) is 1.67. The highest BCUT2D eigenvalue weighted by Gasteiger charge is 1.88. The second-order valence-corrected chi connectivity index (χ2v) is 2.66. The lowest BCUT2D eigenvalue weighted by Crippen LogP contribution is -2.21. The lowest BCUT2D eigenvalue weighted by Gasteiger charge is -2.04. The van der Waals surface area contributed by atoms with E-state index in [0.29, 0.717) is 13.2 Å². The van der Waals surface area contributed by atoms with E-state index >= 15 is 0 Å². The number of hydrogen-bond donors (Lipinski definition) is 1. The smallest absolute Gasteiger partial charge is 0.0700 e. The number of methoxy groups -OCH3 is 1. The molecule has 0 aromatic carbocycles. The lowest BCUT2D eigenvalue weighted by molar-refractivity contribution is 0.0720. The Morgan fingerprint density at radius 3 is 2.77 bits per heavy atom. The van der Waals surface area contributed by atoms with E-state index in [-0.39, 0.29) is 0 Å². The quantitative estimate of drug-likeness (QED) is 0.422. The van der Waals surface area contributed by atoms with Gasteiger partial charge in [-0.1, -0.05) is 0 Å². The molecule has 0 aromatic heterocycles. The van der Waals surface area contributed by atoms with Crippen LogP contribution in [0.15, 0.2) is 0 Å². The zero-order valence-electron chi connectivity index (χ0n) is 8.34. The maximum absolute atomic E-state index is 5.25. The summed E-state index contributed by atoms with van der Waals surface area (Å²) in [5, 5.41) is 3.24. The minimum Gasteiger partial charge on any atom is -0.382 e. The number of unbranched alkanes of at least 4 members (excludes halogenated alkanes) is 1. The van der Waals surface area contributed by atoms with Crippen molar-refractivity contribution in [3.8, 4) is 12.3 Å². The fourth-order valence-electron chi connectivity index (χ4n) is 0.829. The molecule has 13 heavy (non-hydrogen) atoms. The molecule has 0 bridgehead atoms. The Bertz CT molecular complexity index is 131. The van der Waals surface area contributed by atoms with E-state index in [4.69, 9.17) is 15.9 Å². The molecule has 0 saturated carbocycles. The van der Waals surface area contributed by atoms with Crippen LogP contribution >= 0.6 is 0 Å². The van der Waals surface area contributed by atoms with E-state index < -0.39 is 0 Å². The van der Waals surface area contributed by atoms with Gasteiger partial charge in [-0.05, 0) is 13.0 Å². The molecule has 0 unspecified atom stereocenters. The van der Waals surface area contributed by atoms with Crippen molar-refractivity contribution in [3.05, 3.63) is 0 Å². The van der Waals surface area contributed by atoms with Crippen molar-refractivity contribution in [2.24, 2.45) is 0 Å². The van der Waals surface area contributed by atoms with Gasteiger partial charge in [-0.15, -0.1) is 12.3 Å². The van der Waals surface area contributed by atoms with Gasteiger partial charge >= 0.3 is 0 Å². The maximum atomic E-state index is 5.25. The summed E-state index contributed by atoms with van der Waals surface area (Å²) in [6.45, 7) is 3.92.